The van der Waals surface area contributed by atoms with Gasteiger partial charge in [-0.3, -0.25) is 0 Å². The second kappa shape index (κ2) is 6.04. The largest absolute Gasteiger partial charge is 0.369 e. The Bertz CT molecular complexity index is 555. The highest BCUT2D eigenvalue weighted by atomic mass is 127. The monoisotopic (exact) mass is 393 g/mol. The molecule has 0 aliphatic rings. The van der Waals surface area contributed by atoms with Crippen LogP contribution in [0.4, 0.5) is 5.82 Å². The summed E-state index contributed by atoms with van der Waals surface area (Å²) < 4.78 is 0.960. The van der Waals surface area contributed by atoms with E-state index in [4.69, 9.17) is 23.2 Å². The molecule has 1 N–H and O–H groups in total. The summed E-state index contributed by atoms with van der Waals surface area (Å²) in [5, 5.41) is 4.27. The minimum absolute atomic E-state index is 0.530. The van der Waals surface area contributed by atoms with Gasteiger partial charge in [0.1, 0.15) is 5.82 Å². The Morgan fingerprint density at radius 2 is 1.94 bits per heavy atom. The smallest absolute Gasteiger partial charge is 0.164 e. The van der Waals surface area contributed by atoms with Gasteiger partial charge in [-0.2, -0.15) is 0 Å². The predicted molar refractivity (Wildman–Crippen MR) is 84.4 cm³/mol. The van der Waals surface area contributed by atoms with Crippen molar-refractivity contribution in [2.45, 2.75) is 6.92 Å². The van der Waals surface area contributed by atoms with E-state index in [-0.39, 0.29) is 0 Å². The van der Waals surface area contributed by atoms with Crippen molar-refractivity contribution in [3.05, 3.63) is 38.0 Å². The van der Waals surface area contributed by atoms with Crippen LogP contribution >= 0.6 is 45.8 Å². The molecule has 1 heterocycles. The molecule has 2 rings (SSSR count). The summed E-state index contributed by atoms with van der Waals surface area (Å²) in [6.07, 6.45) is 1.75. The minimum atomic E-state index is 0.530. The molecule has 18 heavy (non-hydrogen) atoms. The third kappa shape index (κ3) is 2.87. The average Bonchev–Trinajstić information content (AvgIpc) is 2.33. The lowest BCUT2D eigenvalue weighted by Crippen LogP contribution is -2.04. The number of benzene rings is 1. The van der Waals surface area contributed by atoms with Crippen molar-refractivity contribution in [2.24, 2.45) is 0 Å². The quantitative estimate of drug-likeness (QED) is 0.781. The SMILES string of the molecule is CCNc1nc(-c2c(Cl)cccc2Cl)ncc1I. The first-order valence-corrected chi connectivity index (χ1v) is 7.17. The lowest BCUT2D eigenvalue weighted by molar-refractivity contribution is 1.10. The van der Waals surface area contributed by atoms with Gasteiger partial charge in [-0.25, -0.2) is 9.97 Å². The van der Waals surface area contributed by atoms with E-state index in [1.54, 1.807) is 24.4 Å². The summed E-state index contributed by atoms with van der Waals surface area (Å²) in [5.41, 5.74) is 0.663. The van der Waals surface area contributed by atoms with Gasteiger partial charge >= 0.3 is 0 Å². The van der Waals surface area contributed by atoms with Gasteiger partial charge in [0.2, 0.25) is 0 Å². The van der Waals surface area contributed by atoms with Gasteiger partial charge in [0, 0.05) is 12.7 Å². The van der Waals surface area contributed by atoms with E-state index in [0.717, 1.165) is 15.9 Å². The van der Waals surface area contributed by atoms with Gasteiger partial charge in [0.05, 0.1) is 19.2 Å². The third-order valence-electron chi connectivity index (χ3n) is 2.27. The van der Waals surface area contributed by atoms with Crippen LogP contribution in [0.5, 0.6) is 0 Å². The van der Waals surface area contributed by atoms with E-state index in [1.807, 2.05) is 6.92 Å². The zero-order chi connectivity index (χ0) is 13.1. The summed E-state index contributed by atoms with van der Waals surface area (Å²) in [6.45, 7) is 2.81. The lowest BCUT2D eigenvalue weighted by atomic mass is 10.2. The van der Waals surface area contributed by atoms with Crippen LogP contribution < -0.4 is 5.32 Å². The summed E-state index contributed by atoms with van der Waals surface area (Å²) in [6, 6.07) is 5.35. The van der Waals surface area contributed by atoms with Crippen LogP contribution in [0.1, 0.15) is 6.92 Å². The van der Waals surface area contributed by atoms with Crippen LogP contribution in [0.25, 0.3) is 11.4 Å². The molecule has 0 spiro atoms. The van der Waals surface area contributed by atoms with Crippen LogP contribution in [0.2, 0.25) is 10.0 Å². The lowest BCUT2D eigenvalue weighted by Gasteiger charge is -2.09. The molecule has 0 saturated heterocycles. The van der Waals surface area contributed by atoms with Crippen LogP contribution in [0.3, 0.4) is 0 Å². The number of hydrogen-bond donors (Lipinski definition) is 1. The maximum Gasteiger partial charge on any atom is 0.164 e. The van der Waals surface area contributed by atoms with Crippen LogP contribution in [0, 0.1) is 3.57 Å². The topological polar surface area (TPSA) is 37.8 Å². The minimum Gasteiger partial charge on any atom is -0.369 e. The maximum absolute atomic E-state index is 6.15. The number of halogens is 3. The van der Waals surface area contributed by atoms with Crippen molar-refractivity contribution in [3.8, 4) is 11.4 Å². The standard InChI is InChI=1S/C12H10Cl2IN3/c1-2-16-11-9(15)6-17-12(18-11)10-7(13)4-3-5-8(10)14/h3-6H,2H2,1H3,(H,16,17,18). The second-order valence-electron chi connectivity index (χ2n) is 3.52. The molecule has 0 radical (unpaired) electrons. The predicted octanol–water partition coefficient (Wildman–Crippen LogP) is 4.49. The highest BCUT2D eigenvalue weighted by Gasteiger charge is 2.13. The summed E-state index contributed by atoms with van der Waals surface area (Å²) in [4.78, 5) is 8.74. The fourth-order valence-corrected chi connectivity index (χ4v) is 2.51. The van der Waals surface area contributed by atoms with Crippen LogP contribution in [-0.4, -0.2) is 16.5 Å². The first kappa shape index (κ1) is 13.8. The highest BCUT2D eigenvalue weighted by Crippen LogP contribution is 2.33. The van der Waals surface area contributed by atoms with Crippen LogP contribution in [0.15, 0.2) is 24.4 Å². The van der Waals surface area contributed by atoms with E-state index in [1.165, 1.54) is 0 Å². The molecule has 1 aromatic heterocycles. The summed E-state index contributed by atoms with van der Waals surface area (Å²) in [7, 11) is 0. The van der Waals surface area contributed by atoms with Gasteiger partial charge in [-0.1, -0.05) is 29.3 Å². The molecule has 0 unspecified atom stereocenters. The van der Waals surface area contributed by atoms with Crippen molar-refractivity contribution in [1.82, 2.24) is 9.97 Å². The number of nitrogens with zero attached hydrogens (tertiary/aromatic N) is 2. The molecule has 0 atom stereocenters. The molecule has 94 valence electrons. The van der Waals surface area contributed by atoms with Crippen molar-refractivity contribution in [3.63, 3.8) is 0 Å². The Balaban J connectivity index is 2.54. The number of rotatable bonds is 3. The number of aromatic nitrogens is 2. The molecule has 3 nitrogen and oxygen atoms in total. The first-order chi connectivity index (χ1) is 8.63. The van der Waals surface area contributed by atoms with Crippen LogP contribution in [-0.2, 0) is 0 Å². The van der Waals surface area contributed by atoms with Crippen molar-refractivity contribution < 1.29 is 0 Å². The van der Waals surface area contributed by atoms with Gasteiger partial charge < -0.3 is 5.32 Å². The molecule has 0 saturated carbocycles. The van der Waals surface area contributed by atoms with Crippen molar-refractivity contribution in [2.75, 3.05) is 11.9 Å². The molecular formula is C12H10Cl2IN3. The van der Waals surface area contributed by atoms with E-state index in [2.05, 4.69) is 37.9 Å². The fourth-order valence-electron chi connectivity index (χ4n) is 1.49. The Morgan fingerprint density at radius 1 is 1.28 bits per heavy atom. The molecule has 0 fully saturated rings. The van der Waals surface area contributed by atoms with Crippen molar-refractivity contribution >= 4 is 51.6 Å². The molecule has 6 heteroatoms. The number of hydrogen-bond acceptors (Lipinski definition) is 3. The summed E-state index contributed by atoms with van der Waals surface area (Å²) >= 11 is 14.5. The normalized spacial score (nSPS) is 10.4. The van der Waals surface area contributed by atoms with Gasteiger partial charge in [-0.05, 0) is 41.6 Å². The molecular weight excluding hydrogens is 384 g/mol. The Morgan fingerprint density at radius 3 is 2.56 bits per heavy atom. The van der Waals surface area contributed by atoms with Crippen molar-refractivity contribution in [1.29, 1.82) is 0 Å². The van der Waals surface area contributed by atoms with Gasteiger partial charge in [-0.15, -0.1) is 0 Å². The Hall–Kier alpha value is -0.590. The molecule has 0 bridgehead atoms. The molecule has 0 aliphatic heterocycles. The Labute approximate surface area is 129 Å². The summed E-state index contributed by atoms with van der Waals surface area (Å²) in [5.74, 6) is 1.32. The average molecular weight is 394 g/mol. The second-order valence-corrected chi connectivity index (χ2v) is 5.49. The van der Waals surface area contributed by atoms with Gasteiger partial charge in [0.15, 0.2) is 5.82 Å². The van der Waals surface area contributed by atoms with E-state index in [0.29, 0.717) is 21.4 Å². The molecule has 0 amide bonds. The maximum atomic E-state index is 6.15. The van der Waals surface area contributed by atoms with E-state index >= 15 is 0 Å². The number of anilines is 1. The van der Waals surface area contributed by atoms with E-state index in [9.17, 15) is 0 Å². The fraction of sp³-hybridized carbons (Fsp3) is 0.167. The zero-order valence-electron chi connectivity index (χ0n) is 9.54. The third-order valence-corrected chi connectivity index (χ3v) is 3.69. The van der Waals surface area contributed by atoms with E-state index < -0.39 is 0 Å². The zero-order valence-corrected chi connectivity index (χ0v) is 13.2. The Kier molecular flexibility index (Phi) is 4.64. The molecule has 0 aliphatic carbocycles. The molecule has 2 aromatic rings. The highest BCUT2D eigenvalue weighted by molar-refractivity contribution is 14.1. The molecule has 1 aromatic carbocycles. The number of nitrogens with one attached hydrogen (secondary N) is 1. The first-order valence-electron chi connectivity index (χ1n) is 5.34. The van der Waals surface area contributed by atoms with Gasteiger partial charge in [0.25, 0.3) is 0 Å².